The van der Waals surface area contributed by atoms with Crippen molar-refractivity contribution in [3.63, 3.8) is 0 Å². The number of nitro benzene ring substituents is 1. The minimum absolute atomic E-state index is 0.153. The lowest BCUT2D eigenvalue weighted by molar-refractivity contribution is -0.384. The highest BCUT2D eigenvalue weighted by atomic mass is 31.2. The second kappa shape index (κ2) is 8.26. The largest absolute Gasteiger partial charge is 0.466 e. The third kappa shape index (κ3) is 3.61. The molecular weight excluding hydrogens is 387 g/mol. The smallest absolute Gasteiger partial charge is 0.359 e. The maximum atomic E-state index is 13.4. The second-order valence-corrected chi connectivity index (χ2v) is 8.38. The second-order valence-electron chi connectivity index (χ2n) is 6.17. The van der Waals surface area contributed by atoms with Gasteiger partial charge < -0.3 is 18.7 Å². The molecule has 0 radical (unpaired) electrons. The van der Waals surface area contributed by atoms with Crippen LogP contribution in [0.3, 0.4) is 0 Å². The predicted octanol–water partition coefficient (Wildman–Crippen LogP) is 3.79. The number of ether oxygens (including phenoxy) is 1. The molecule has 10 heteroatoms. The van der Waals surface area contributed by atoms with Gasteiger partial charge in [-0.05, 0) is 19.4 Å². The van der Waals surface area contributed by atoms with Crippen molar-refractivity contribution >= 4 is 19.3 Å². The molecule has 1 aliphatic heterocycles. The van der Waals surface area contributed by atoms with Crippen molar-refractivity contribution < 1.29 is 28.1 Å². The molecule has 0 saturated heterocycles. The molecule has 1 atom stereocenters. The SMILES string of the molecule is COC(=O)C1=C(C)N(C)C(C)=C(P(=O)(OC)OC)C1c1cccc([N+](=O)[O-])c1. The summed E-state index contributed by atoms with van der Waals surface area (Å²) in [6.07, 6.45) is 0. The zero-order valence-electron chi connectivity index (χ0n) is 16.6. The maximum absolute atomic E-state index is 13.4. The van der Waals surface area contributed by atoms with Gasteiger partial charge in [0, 0.05) is 44.8 Å². The summed E-state index contributed by atoms with van der Waals surface area (Å²) in [5.41, 5.74) is 1.60. The molecule has 0 aromatic heterocycles. The van der Waals surface area contributed by atoms with Crippen LogP contribution < -0.4 is 0 Å². The molecule has 2 rings (SSSR count). The number of carbonyl (C=O) groups is 1. The first-order chi connectivity index (χ1) is 13.1. The van der Waals surface area contributed by atoms with Gasteiger partial charge in [0.1, 0.15) is 0 Å². The number of carbonyl (C=O) groups excluding carboxylic acids is 1. The Morgan fingerprint density at radius 1 is 1.18 bits per heavy atom. The Hall–Kier alpha value is -2.48. The summed E-state index contributed by atoms with van der Waals surface area (Å²) >= 11 is 0. The lowest BCUT2D eigenvalue weighted by Gasteiger charge is -2.37. The van der Waals surface area contributed by atoms with E-state index in [0.717, 1.165) is 0 Å². The Bertz CT molecular complexity index is 914. The molecule has 0 aliphatic carbocycles. The summed E-state index contributed by atoms with van der Waals surface area (Å²) in [5.74, 6) is -1.53. The van der Waals surface area contributed by atoms with Crippen molar-refractivity contribution in [3.05, 3.63) is 62.2 Å². The fraction of sp³-hybridized carbons (Fsp3) is 0.389. The van der Waals surface area contributed by atoms with Gasteiger partial charge in [-0.1, -0.05) is 12.1 Å². The molecule has 1 aromatic rings. The molecule has 28 heavy (non-hydrogen) atoms. The van der Waals surface area contributed by atoms with Crippen molar-refractivity contribution in [1.29, 1.82) is 0 Å². The van der Waals surface area contributed by atoms with Crippen LogP contribution in [-0.2, 0) is 23.1 Å². The number of benzene rings is 1. The van der Waals surface area contributed by atoms with Crippen LogP contribution in [0, 0.1) is 10.1 Å². The molecule has 1 aromatic carbocycles. The fourth-order valence-electron chi connectivity index (χ4n) is 3.30. The van der Waals surface area contributed by atoms with Crippen molar-refractivity contribution in [2.45, 2.75) is 19.8 Å². The standard InChI is InChI=1S/C18H23N2O7P/c1-11-15(18(21)25-4)16(13-8-7-9-14(10-13)20(22)23)17(12(2)19(11)3)28(24,26-5)27-6/h7-10,16H,1-6H3. The molecule has 1 heterocycles. The average molecular weight is 410 g/mol. The van der Waals surface area contributed by atoms with Gasteiger partial charge in [-0.15, -0.1) is 0 Å². The molecule has 0 amide bonds. The van der Waals surface area contributed by atoms with Gasteiger partial charge in [-0.2, -0.15) is 0 Å². The lowest BCUT2D eigenvalue weighted by atomic mass is 9.85. The van der Waals surface area contributed by atoms with E-state index in [9.17, 15) is 19.5 Å². The van der Waals surface area contributed by atoms with Crippen LogP contribution in [0.15, 0.2) is 46.5 Å². The molecule has 0 spiro atoms. The first-order valence-electron chi connectivity index (χ1n) is 8.32. The summed E-state index contributed by atoms with van der Waals surface area (Å²) in [6, 6.07) is 5.82. The normalized spacial score (nSPS) is 17.8. The van der Waals surface area contributed by atoms with Gasteiger partial charge in [0.25, 0.3) is 5.69 Å². The van der Waals surface area contributed by atoms with Crippen molar-refractivity contribution in [2.75, 3.05) is 28.4 Å². The third-order valence-corrected chi connectivity index (χ3v) is 7.06. The van der Waals surface area contributed by atoms with Crippen molar-refractivity contribution in [3.8, 4) is 0 Å². The van der Waals surface area contributed by atoms with E-state index in [1.807, 2.05) is 0 Å². The third-order valence-electron chi connectivity index (χ3n) is 4.92. The molecule has 1 aliphatic rings. The van der Waals surface area contributed by atoms with E-state index in [1.165, 1.54) is 39.5 Å². The molecule has 1 unspecified atom stereocenters. The first-order valence-corrected chi connectivity index (χ1v) is 9.87. The Labute approximate surface area is 163 Å². The van der Waals surface area contributed by atoms with Crippen LogP contribution >= 0.6 is 7.60 Å². The predicted molar refractivity (Wildman–Crippen MR) is 103 cm³/mol. The molecular formula is C18H23N2O7P. The highest BCUT2D eigenvalue weighted by Crippen LogP contribution is 2.64. The minimum Gasteiger partial charge on any atom is -0.466 e. The van der Waals surface area contributed by atoms with Crippen LogP contribution in [-0.4, -0.2) is 44.2 Å². The van der Waals surface area contributed by atoms with Gasteiger partial charge in [-0.3, -0.25) is 14.7 Å². The van der Waals surface area contributed by atoms with Crippen LogP contribution in [0.5, 0.6) is 0 Å². The van der Waals surface area contributed by atoms with Gasteiger partial charge in [0.2, 0.25) is 0 Å². The number of hydrogen-bond donors (Lipinski definition) is 0. The summed E-state index contributed by atoms with van der Waals surface area (Å²) < 4.78 is 28.8. The number of rotatable bonds is 6. The Balaban J connectivity index is 2.89. The minimum atomic E-state index is -3.80. The van der Waals surface area contributed by atoms with E-state index in [2.05, 4.69) is 0 Å². The quantitative estimate of drug-likeness (QED) is 0.302. The number of esters is 1. The van der Waals surface area contributed by atoms with E-state index in [4.69, 9.17) is 13.8 Å². The number of methoxy groups -OCH3 is 1. The number of allylic oxidation sites excluding steroid dienone is 3. The van der Waals surface area contributed by atoms with Gasteiger partial charge in [0.05, 0.1) is 28.8 Å². The molecule has 0 saturated carbocycles. The van der Waals surface area contributed by atoms with Crippen molar-refractivity contribution in [1.82, 2.24) is 4.90 Å². The highest BCUT2D eigenvalue weighted by molar-refractivity contribution is 7.58. The summed E-state index contributed by atoms with van der Waals surface area (Å²) in [7, 11) is 1.65. The Kier molecular flexibility index (Phi) is 6.44. The van der Waals surface area contributed by atoms with Crippen molar-refractivity contribution in [2.24, 2.45) is 0 Å². The van der Waals surface area contributed by atoms with Crippen LogP contribution in [0.25, 0.3) is 0 Å². The van der Waals surface area contributed by atoms with Gasteiger partial charge in [0.15, 0.2) is 0 Å². The molecule has 152 valence electrons. The zero-order valence-corrected chi connectivity index (χ0v) is 17.5. The first kappa shape index (κ1) is 21.8. The number of hydrogen-bond acceptors (Lipinski definition) is 8. The fourth-order valence-corrected chi connectivity index (χ4v) is 4.99. The van der Waals surface area contributed by atoms with Gasteiger partial charge in [-0.25, -0.2) is 4.79 Å². The van der Waals surface area contributed by atoms with Crippen LogP contribution in [0.1, 0.15) is 25.3 Å². The lowest BCUT2D eigenvalue weighted by Crippen LogP contribution is -2.30. The summed E-state index contributed by atoms with van der Waals surface area (Å²) in [6.45, 7) is 3.45. The number of nitrogens with zero attached hydrogens (tertiary/aromatic N) is 2. The van der Waals surface area contributed by atoms with Crippen LogP contribution in [0.2, 0.25) is 0 Å². The molecule has 0 fully saturated rings. The van der Waals surface area contributed by atoms with E-state index >= 15 is 0 Å². The zero-order chi connectivity index (χ0) is 21.2. The molecule has 0 bridgehead atoms. The van der Waals surface area contributed by atoms with E-state index in [-0.39, 0.29) is 16.6 Å². The average Bonchev–Trinajstić information content (AvgIpc) is 2.70. The maximum Gasteiger partial charge on any atom is 0.359 e. The van der Waals surface area contributed by atoms with Crippen LogP contribution in [0.4, 0.5) is 5.69 Å². The number of non-ortho nitro benzene ring substituents is 1. The summed E-state index contributed by atoms with van der Waals surface area (Å²) in [5, 5.41) is 11.5. The molecule has 9 nitrogen and oxygen atoms in total. The topological polar surface area (TPSA) is 108 Å². The number of nitro groups is 1. The summed E-state index contributed by atoms with van der Waals surface area (Å²) in [4.78, 5) is 25.1. The van der Waals surface area contributed by atoms with E-state index in [0.29, 0.717) is 17.0 Å². The van der Waals surface area contributed by atoms with E-state index in [1.54, 1.807) is 31.9 Å². The highest BCUT2D eigenvalue weighted by Gasteiger charge is 2.45. The van der Waals surface area contributed by atoms with E-state index < -0.39 is 24.4 Å². The Morgan fingerprint density at radius 3 is 2.29 bits per heavy atom. The Morgan fingerprint density at radius 2 is 1.79 bits per heavy atom. The monoisotopic (exact) mass is 410 g/mol. The van der Waals surface area contributed by atoms with Gasteiger partial charge >= 0.3 is 13.6 Å². The molecule has 0 N–H and O–H groups in total.